The van der Waals surface area contributed by atoms with Gasteiger partial charge in [-0.05, 0) is 68.2 Å². The van der Waals surface area contributed by atoms with Gasteiger partial charge in [0.2, 0.25) is 5.91 Å². The molecular formula is C22H25N3O2S. The molecule has 0 aliphatic heterocycles. The first-order valence-electron chi connectivity index (χ1n) is 9.55. The first-order chi connectivity index (χ1) is 13.5. The second-order valence-electron chi connectivity index (χ2n) is 7.04. The molecule has 0 aliphatic carbocycles. The summed E-state index contributed by atoms with van der Waals surface area (Å²) in [5.74, 6) is 0.0221. The molecule has 0 spiro atoms. The summed E-state index contributed by atoms with van der Waals surface area (Å²) in [6.45, 7) is 4.60. The maximum atomic E-state index is 12.6. The van der Waals surface area contributed by atoms with Crippen LogP contribution in [0.3, 0.4) is 0 Å². The molecule has 3 aromatic rings. The molecule has 0 bridgehead atoms. The molecule has 0 saturated heterocycles. The maximum Gasteiger partial charge on any atom is 0.262 e. The van der Waals surface area contributed by atoms with Crippen molar-refractivity contribution in [2.24, 2.45) is 0 Å². The molecule has 0 aliphatic rings. The number of rotatable bonds is 7. The number of nitrogens with zero attached hydrogens (tertiary/aromatic N) is 1. The lowest BCUT2D eigenvalue weighted by atomic mass is 10.1. The van der Waals surface area contributed by atoms with Gasteiger partial charge >= 0.3 is 0 Å². The highest BCUT2D eigenvalue weighted by molar-refractivity contribution is 7.71. The Labute approximate surface area is 169 Å². The van der Waals surface area contributed by atoms with Gasteiger partial charge in [-0.25, -0.2) is 0 Å². The van der Waals surface area contributed by atoms with E-state index in [4.69, 9.17) is 12.2 Å². The number of aryl methyl sites for hydroxylation is 1. The molecule has 0 saturated carbocycles. The van der Waals surface area contributed by atoms with Crippen molar-refractivity contribution >= 4 is 34.7 Å². The zero-order chi connectivity index (χ0) is 20.1. The lowest BCUT2D eigenvalue weighted by Crippen LogP contribution is -2.22. The summed E-state index contributed by atoms with van der Waals surface area (Å²) in [6.07, 6.45) is 2.89. The monoisotopic (exact) mass is 395 g/mol. The minimum atomic E-state index is -0.0629. The van der Waals surface area contributed by atoms with Crippen LogP contribution in [0.4, 0.5) is 5.69 Å². The number of hydrogen-bond acceptors (Lipinski definition) is 3. The third-order valence-electron chi connectivity index (χ3n) is 5.05. The van der Waals surface area contributed by atoms with E-state index in [-0.39, 0.29) is 11.5 Å². The molecule has 2 aromatic carbocycles. The fraction of sp³-hybridized carbons (Fsp3) is 0.318. The van der Waals surface area contributed by atoms with Gasteiger partial charge in [0.25, 0.3) is 5.56 Å². The summed E-state index contributed by atoms with van der Waals surface area (Å²) >= 11 is 5.33. The standard InChI is InChI=1S/C22H25N3O2S/c1-15-9-8-12-18(16(15)2)23-20(26)13-4-3-7-14-25-21(27)17-10-5-6-11-19(17)24-22(25)28/h5-6,8-12H,3-4,7,13-14H2,1-2H3,(H,23,26)(H,24,28). The second kappa shape index (κ2) is 8.97. The Morgan fingerprint density at radius 2 is 1.86 bits per heavy atom. The number of benzene rings is 2. The predicted molar refractivity (Wildman–Crippen MR) is 116 cm³/mol. The van der Waals surface area contributed by atoms with E-state index in [9.17, 15) is 9.59 Å². The molecule has 3 rings (SSSR count). The van der Waals surface area contributed by atoms with Crippen molar-refractivity contribution in [3.05, 3.63) is 68.7 Å². The third-order valence-corrected chi connectivity index (χ3v) is 5.38. The molecule has 6 heteroatoms. The minimum Gasteiger partial charge on any atom is -0.332 e. The van der Waals surface area contributed by atoms with Gasteiger partial charge in [0.1, 0.15) is 0 Å². The quantitative estimate of drug-likeness (QED) is 0.443. The summed E-state index contributed by atoms with van der Waals surface area (Å²) in [5, 5.41) is 3.62. The minimum absolute atomic E-state index is 0.0221. The molecule has 0 radical (unpaired) electrons. The van der Waals surface area contributed by atoms with Crippen molar-refractivity contribution in [1.82, 2.24) is 9.55 Å². The molecule has 1 heterocycles. The van der Waals surface area contributed by atoms with Crippen LogP contribution in [0.15, 0.2) is 47.3 Å². The lowest BCUT2D eigenvalue weighted by Gasteiger charge is -2.10. The van der Waals surface area contributed by atoms with E-state index in [0.29, 0.717) is 23.1 Å². The Kier molecular flexibility index (Phi) is 6.41. The van der Waals surface area contributed by atoms with Crippen LogP contribution in [-0.4, -0.2) is 15.5 Å². The number of fused-ring (bicyclic) bond motifs is 1. The lowest BCUT2D eigenvalue weighted by molar-refractivity contribution is -0.116. The summed E-state index contributed by atoms with van der Waals surface area (Å²) in [5.41, 5.74) is 3.83. The smallest absolute Gasteiger partial charge is 0.262 e. The zero-order valence-electron chi connectivity index (χ0n) is 16.2. The fourth-order valence-electron chi connectivity index (χ4n) is 3.23. The number of carbonyl (C=O) groups excluding carboxylic acids is 1. The number of amides is 1. The Hall–Kier alpha value is -2.73. The number of aromatic nitrogens is 2. The highest BCUT2D eigenvalue weighted by Gasteiger charge is 2.07. The average Bonchev–Trinajstić information content (AvgIpc) is 2.67. The average molecular weight is 396 g/mol. The van der Waals surface area contributed by atoms with Crippen LogP contribution in [0, 0.1) is 18.6 Å². The van der Waals surface area contributed by atoms with Crippen molar-refractivity contribution in [3.8, 4) is 0 Å². The Morgan fingerprint density at radius 3 is 2.68 bits per heavy atom. The van der Waals surface area contributed by atoms with Gasteiger partial charge in [-0.3, -0.25) is 14.2 Å². The highest BCUT2D eigenvalue weighted by Crippen LogP contribution is 2.18. The van der Waals surface area contributed by atoms with Crippen molar-refractivity contribution in [3.63, 3.8) is 0 Å². The number of unbranched alkanes of at least 4 members (excludes halogenated alkanes) is 2. The van der Waals surface area contributed by atoms with E-state index in [2.05, 4.69) is 10.3 Å². The van der Waals surface area contributed by atoms with Gasteiger partial charge in [-0.2, -0.15) is 0 Å². The molecule has 2 N–H and O–H groups in total. The molecule has 0 fully saturated rings. The van der Waals surface area contributed by atoms with Crippen molar-refractivity contribution in [1.29, 1.82) is 0 Å². The van der Waals surface area contributed by atoms with Crippen LogP contribution in [0.1, 0.15) is 36.8 Å². The molecular weight excluding hydrogens is 370 g/mol. The Morgan fingerprint density at radius 1 is 1.07 bits per heavy atom. The molecule has 0 atom stereocenters. The van der Waals surface area contributed by atoms with Crippen molar-refractivity contribution in [2.75, 3.05) is 5.32 Å². The van der Waals surface area contributed by atoms with E-state index in [1.807, 2.05) is 50.2 Å². The number of anilines is 1. The van der Waals surface area contributed by atoms with E-state index < -0.39 is 0 Å². The first kappa shape index (κ1) is 20.0. The maximum absolute atomic E-state index is 12.6. The Bertz CT molecular complexity index is 1110. The van der Waals surface area contributed by atoms with E-state index in [1.165, 1.54) is 0 Å². The highest BCUT2D eigenvalue weighted by atomic mass is 32.1. The van der Waals surface area contributed by atoms with Crippen LogP contribution in [0.5, 0.6) is 0 Å². The topological polar surface area (TPSA) is 66.9 Å². The number of aromatic amines is 1. The molecule has 1 amide bonds. The fourth-order valence-corrected chi connectivity index (χ4v) is 3.52. The number of H-pyrrole nitrogens is 1. The number of nitrogens with one attached hydrogen (secondary N) is 2. The van der Waals surface area contributed by atoms with Gasteiger partial charge in [0, 0.05) is 18.7 Å². The molecule has 0 unspecified atom stereocenters. The third kappa shape index (κ3) is 4.57. The zero-order valence-corrected chi connectivity index (χ0v) is 17.1. The largest absolute Gasteiger partial charge is 0.332 e. The summed E-state index contributed by atoms with van der Waals surface area (Å²) in [6, 6.07) is 13.3. The van der Waals surface area contributed by atoms with Crippen molar-refractivity contribution < 1.29 is 4.79 Å². The van der Waals surface area contributed by atoms with Crippen LogP contribution in [0.2, 0.25) is 0 Å². The van der Waals surface area contributed by atoms with Crippen molar-refractivity contribution in [2.45, 2.75) is 46.1 Å². The first-order valence-corrected chi connectivity index (χ1v) is 9.96. The van der Waals surface area contributed by atoms with Crippen LogP contribution >= 0.6 is 12.2 Å². The molecule has 1 aromatic heterocycles. The molecule has 28 heavy (non-hydrogen) atoms. The number of hydrogen-bond donors (Lipinski definition) is 2. The van der Waals surface area contributed by atoms with E-state index in [1.54, 1.807) is 10.6 Å². The predicted octanol–water partition coefficient (Wildman–Crippen LogP) is 4.88. The van der Waals surface area contributed by atoms with Crippen LogP contribution in [0.25, 0.3) is 10.9 Å². The normalized spacial score (nSPS) is 10.9. The SMILES string of the molecule is Cc1cccc(NC(=O)CCCCCn2c(=S)[nH]c3ccccc3c2=O)c1C. The summed E-state index contributed by atoms with van der Waals surface area (Å²) < 4.78 is 2.05. The second-order valence-corrected chi connectivity index (χ2v) is 7.43. The van der Waals surface area contributed by atoms with Gasteiger partial charge in [0.15, 0.2) is 4.77 Å². The number of para-hydroxylation sites is 1. The van der Waals surface area contributed by atoms with Gasteiger partial charge in [0.05, 0.1) is 10.9 Å². The number of carbonyl (C=O) groups is 1. The molecule has 146 valence electrons. The summed E-state index contributed by atoms with van der Waals surface area (Å²) in [4.78, 5) is 27.9. The van der Waals surface area contributed by atoms with Gasteiger partial charge < -0.3 is 10.3 Å². The van der Waals surface area contributed by atoms with Crippen LogP contribution < -0.4 is 10.9 Å². The van der Waals surface area contributed by atoms with Gasteiger partial charge in [-0.15, -0.1) is 0 Å². The van der Waals surface area contributed by atoms with E-state index >= 15 is 0 Å². The Balaban J connectivity index is 1.51. The van der Waals surface area contributed by atoms with E-state index in [0.717, 1.165) is 41.6 Å². The van der Waals surface area contributed by atoms with Gasteiger partial charge in [-0.1, -0.05) is 30.7 Å². The molecule has 5 nitrogen and oxygen atoms in total. The van der Waals surface area contributed by atoms with Crippen LogP contribution in [-0.2, 0) is 11.3 Å². The summed E-state index contributed by atoms with van der Waals surface area (Å²) in [7, 11) is 0.